The van der Waals surface area contributed by atoms with Crippen molar-refractivity contribution in [2.45, 2.75) is 38.8 Å². The van der Waals surface area contributed by atoms with Gasteiger partial charge >= 0.3 is 0 Å². The highest BCUT2D eigenvalue weighted by Crippen LogP contribution is 2.28. The predicted molar refractivity (Wildman–Crippen MR) is 98.4 cm³/mol. The van der Waals surface area contributed by atoms with Crippen LogP contribution >= 0.6 is 11.3 Å². The Kier molecular flexibility index (Phi) is 4.99. The van der Waals surface area contributed by atoms with Crippen LogP contribution in [0.4, 0.5) is 5.13 Å². The van der Waals surface area contributed by atoms with Gasteiger partial charge in [-0.25, -0.2) is 4.98 Å². The number of aryl methyl sites for hydroxylation is 2. The Morgan fingerprint density at radius 2 is 2.04 bits per heavy atom. The van der Waals surface area contributed by atoms with E-state index in [-0.39, 0.29) is 23.9 Å². The number of benzene rings is 1. The zero-order chi connectivity index (χ0) is 17.3. The van der Waals surface area contributed by atoms with Crippen LogP contribution in [-0.4, -0.2) is 41.0 Å². The highest BCUT2D eigenvalue weighted by Gasteiger charge is 2.35. The maximum absolute atomic E-state index is 12.5. The first-order valence-electron chi connectivity index (χ1n) is 8.25. The molecule has 1 saturated heterocycles. The van der Waals surface area contributed by atoms with Crippen molar-refractivity contribution < 1.29 is 4.79 Å². The molecule has 0 saturated carbocycles. The van der Waals surface area contributed by atoms with E-state index in [1.54, 1.807) is 0 Å². The molecule has 3 N–H and O–H groups in total. The van der Waals surface area contributed by atoms with E-state index in [1.807, 2.05) is 39.0 Å². The molecule has 6 heteroatoms. The van der Waals surface area contributed by atoms with E-state index in [0.29, 0.717) is 5.13 Å². The summed E-state index contributed by atoms with van der Waals surface area (Å²) in [6.07, 6.45) is 0. The molecule has 1 amide bonds. The Bertz CT molecular complexity index is 696. The minimum Gasteiger partial charge on any atom is -0.326 e. The standard InChI is InChI=1S/C18H24N4OS/c1-11-13(3)24-18(20-11)21-17(23)12(2)22-9-15(16(19)10-22)14-7-5-4-6-8-14/h4-8,12,15-16H,9-10,19H2,1-3H3,(H,20,21,23)/t12?,15-,16+/m0/s1. The van der Waals surface area contributed by atoms with Crippen molar-refractivity contribution in [1.29, 1.82) is 0 Å². The molecule has 1 fully saturated rings. The van der Waals surface area contributed by atoms with Crippen LogP contribution in [0, 0.1) is 13.8 Å². The van der Waals surface area contributed by atoms with E-state index < -0.39 is 0 Å². The number of thiazole rings is 1. The van der Waals surface area contributed by atoms with Crippen molar-refractivity contribution in [3.8, 4) is 0 Å². The second-order valence-electron chi connectivity index (χ2n) is 6.46. The molecule has 2 aromatic rings. The summed E-state index contributed by atoms with van der Waals surface area (Å²) in [5, 5.41) is 3.61. The van der Waals surface area contributed by atoms with Crippen molar-refractivity contribution in [2.75, 3.05) is 18.4 Å². The van der Waals surface area contributed by atoms with Crippen LogP contribution in [0.1, 0.15) is 29.0 Å². The Labute approximate surface area is 146 Å². The fourth-order valence-corrected chi connectivity index (χ4v) is 3.95. The van der Waals surface area contributed by atoms with Gasteiger partial charge in [-0.05, 0) is 26.3 Å². The van der Waals surface area contributed by atoms with E-state index in [0.717, 1.165) is 23.7 Å². The molecular weight excluding hydrogens is 320 g/mol. The third-order valence-electron chi connectivity index (χ3n) is 4.81. The van der Waals surface area contributed by atoms with Gasteiger partial charge in [-0.15, -0.1) is 11.3 Å². The number of hydrogen-bond donors (Lipinski definition) is 2. The fraction of sp³-hybridized carbons (Fsp3) is 0.444. The van der Waals surface area contributed by atoms with E-state index in [9.17, 15) is 4.79 Å². The van der Waals surface area contributed by atoms with E-state index >= 15 is 0 Å². The van der Waals surface area contributed by atoms with Gasteiger partial charge in [0.2, 0.25) is 5.91 Å². The zero-order valence-corrected chi connectivity index (χ0v) is 15.1. The third kappa shape index (κ3) is 3.50. The van der Waals surface area contributed by atoms with Crippen LogP contribution < -0.4 is 11.1 Å². The number of hydrogen-bond acceptors (Lipinski definition) is 5. The van der Waals surface area contributed by atoms with Gasteiger partial charge in [-0.3, -0.25) is 9.69 Å². The topological polar surface area (TPSA) is 71.2 Å². The van der Waals surface area contributed by atoms with Crippen LogP contribution in [0.5, 0.6) is 0 Å². The van der Waals surface area contributed by atoms with Gasteiger partial charge in [-0.2, -0.15) is 0 Å². The molecule has 5 nitrogen and oxygen atoms in total. The molecule has 0 spiro atoms. The summed E-state index contributed by atoms with van der Waals surface area (Å²) in [5.41, 5.74) is 8.54. The first-order chi connectivity index (χ1) is 11.5. The summed E-state index contributed by atoms with van der Waals surface area (Å²) in [5.74, 6) is 0.246. The smallest absolute Gasteiger partial charge is 0.243 e. The highest BCUT2D eigenvalue weighted by atomic mass is 32.1. The van der Waals surface area contributed by atoms with Crippen molar-refractivity contribution in [2.24, 2.45) is 5.73 Å². The lowest BCUT2D eigenvalue weighted by Gasteiger charge is -2.22. The Hall–Kier alpha value is -1.76. The number of nitrogens with two attached hydrogens (primary N) is 1. The first kappa shape index (κ1) is 17.1. The molecule has 1 aromatic carbocycles. The number of amides is 1. The average molecular weight is 344 g/mol. The fourth-order valence-electron chi connectivity index (χ4n) is 3.13. The number of anilines is 1. The second kappa shape index (κ2) is 7.01. The molecule has 2 heterocycles. The number of rotatable bonds is 4. The van der Waals surface area contributed by atoms with Crippen molar-refractivity contribution in [3.63, 3.8) is 0 Å². The quantitative estimate of drug-likeness (QED) is 0.894. The van der Waals surface area contributed by atoms with Crippen LogP contribution in [-0.2, 0) is 4.79 Å². The predicted octanol–water partition coefficient (Wildman–Crippen LogP) is 2.51. The van der Waals surface area contributed by atoms with Gasteiger partial charge in [0.05, 0.1) is 11.7 Å². The number of nitrogens with zero attached hydrogens (tertiary/aromatic N) is 2. The largest absolute Gasteiger partial charge is 0.326 e. The van der Waals surface area contributed by atoms with Crippen LogP contribution in [0.3, 0.4) is 0 Å². The maximum Gasteiger partial charge on any atom is 0.243 e. The summed E-state index contributed by atoms with van der Waals surface area (Å²) in [4.78, 5) is 20.2. The van der Waals surface area contributed by atoms with Gasteiger partial charge in [0.25, 0.3) is 0 Å². The molecule has 0 radical (unpaired) electrons. The van der Waals surface area contributed by atoms with Gasteiger partial charge in [0.15, 0.2) is 5.13 Å². The molecule has 1 aliphatic heterocycles. The lowest BCUT2D eigenvalue weighted by molar-refractivity contribution is -0.120. The molecule has 0 bridgehead atoms. The molecule has 1 unspecified atom stereocenters. The highest BCUT2D eigenvalue weighted by molar-refractivity contribution is 7.15. The monoisotopic (exact) mass is 344 g/mol. The van der Waals surface area contributed by atoms with Gasteiger partial charge in [0.1, 0.15) is 0 Å². The summed E-state index contributed by atoms with van der Waals surface area (Å²) in [6, 6.07) is 10.1. The molecule has 3 atom stereocenters. The number of carbonyl (C=O) groups excluding carboxylic acids is 1. The van der Waals surface area contributed by atoms with E-state index in [1.165, 1.54) is 16.9 Å². The molecule has 1 aliphatic rings. The summed E-state index contributed by atoms with van der Waals surface area (Å²) >= 11 is 1.51. The van der Waals surface area contributed by atoms with Crippen molar-refractivity contribution >= 4 is 22.4 Å². The van der Waals surface area contributed by atoms with Crippen molar-refractivity contribution in [1.82, 2.24) is 9.88 Å². The Balaban J connectivity index is 1.65. The number of likely N-dealkylation sites (tertiary alicyclic amines) is 1. The number of aromatic nitrogens is 1. The van der Waals surface area contributed by atoms with Crippen molar-refractivity contribution in [3.05, 3.63) is 46.5 Å². The minimum absolute atomic E-state index is 0.0235. The lowest BCUT2D eigenvalue weighted by atomic mass is 9.95. The van der Waals surface area contributed by atoms with Crippen LogP contribution in [0.25, 0.3) is 0 Å². The maximum atomic E-state index is 12.5. The number of nitrogens with one attached hydrogen (secondary N) is 1. The molecule has 3 rings (SSSR count). The van der Waals surface area contributed by atoms with E-state index in [4.69, 9.17) is 5.73 Å². The van der Waals surface area contributed by atoms with Gasteiger partial charge in [-0.1, -0.05) is 30.3 Å². The number of carbonyl (C=O) groups is 1. The van der Waals surface area contributed by atoms with Crippen LogP contribution in [0.2, 0.25) is 0 Å². The summed E-state index contributed by atoms with van der Waals surface area (Å²) in [7, 11) is 0. The minimum atomic E-state index is -0.228. The normalized spacial score (nSPS) is 22.5. The van der Waals surface area contributed by atoms with Gasteiger partial charge < -0.3 is 11.1 Å². The Morgan fingerprint density at radius 3 is 2.67 bits per heavy atom. The summed E-state index contributed by atoms with van der Waals surface area (Å²) in [6.45, 7) is 7.42. The molecular formula is C18H24N4OS. The molecule has 128 valence electrons. The summed E-state index contributed by atoms with van der Waals surface area (Å²) < 4.78 is 0. The SMILES string of the molecule is Cc1nc(NC(=O)C(C)N2C[C@@H](N)[C@H](c3ccccc3)C2)sc1C. The van der Waals surface area contributed by atoms with E-state index in [2.05, 4.69) is 27.3 Å². The second-order valence-corrected chi connectivity index (χ2v) is 7.66. The molecule has 1 aromatic heterocycles. The van der Waals surface area contributed by atoms with Gasteiger partial charge in [0, 0.05) is 29.9 Å². The van der Waals surface area contributed by atoms with Crippen LogP contribution in [0.15, 0.2) is 30.3 Å². The Morgan fingerprint density at radius 1 is 1.33 bits per heavy atom. The average Bonchev–Trinajstić information content (AvgIpc) is 3.10. The molecule has 0 aliphatic carbocycles. The lowest BCUT2D eigenvalue weighted by Crippen LogP contribution is -2.41. The molecule has 24 heavy (non-hydrogen) atoms. The third-order valence-corrected chi connectivity index (χ3v) is 5.80. The first-order valence-corrected chi connectivity index (χ1v) is 9.07. The zero-order valence-electron chi connectivity index (χ0n) is 14.3.